The predicted octanol–water partition coefficient (Wildman–Crippen LogP) is 2.55. The Kier molecular flexibility index (Phi) is 2.63. The molecule has 2 atom stereocenters. The van der Waals surface area contributed by atoms with Crippen molar-refractivity contribution in [1.29, 1.82) is 0 Å². The van der Waals surface area contributed by atoms with E-state index in [1.807, 2.05) is 12.1 Å². The van der Waals surface area contributed by atoms with Crippen molar-refractivity contribution in [3.63, 3.8) is 0 Å². The summed E-state index contributed by atoms with van der Waals surface area (Å²) in [6.45, 7) is 0. The molecule has 0 heterocycles. The summed E-state index contributed by atoms with van der Waals surface area (Å²) < 4.78 is 0. The molecule has 1 saturated carbocycles. The van der Waals surface area contributed by atoms with E-state index in [1.54, 1.807) is 12.1 Å². The highest BCUT2D eigenvalue weighted by Crippen LogP contribution is 2.38. The van der Waals surface area contributed by atoms with Gasteiger partial charge in [0, 0.05) is 5.38 Å². The van der Waals surface area contributed by atoms with Crippen LogP contribution in [0.1, 0.15) is 12.0 Å². The van der Waals surface area contributed by atoms with E-state index in [0.717, 1.165) is 18.4 Å². The van der Waals surface area contributed by atoms with Crippen LogP contribution in [-0.2, 0) is 6.42 Å². The van der Waals surface area contributed by atoms with Gasteiger partial charge in [0.25, 0.3) is 0 Å². The lowest BCUT2D eigenvalue weighted by Gasteiger charge is -2.21. The molecule has 1 fully saturated rings. The number of hydrogen-bond donors (Lipinski definition) is 1. The Hall–Kier alpha value is -0.770. The molecule has 0 spiro atoms. The van der Waals surface area contributed by atoms with Crippen molar-refractivity contribution in [3.05, 3.63) is 35.0 Å². The number of alkyl halides is 1. The Morgan fingerprint density at radius 3 is 2.43 bits per heavy atom. The Labute approximate surface area is 87.4 Å². The summed E-state index contributed by atoms with van der Waals surface area (Å²) in [7, 11) is 0. The molecular formula is C10H11ClNO2-. The summed E-state index contributed by atoms with van der Waals surface area (Å²) in [6.07, 6.45) is 2.04. The normalized spacial score (nSPS) is 24.8. The van der Waals surface area contributed by atoms with Gasteiger partial charge in [0.2, 0.25) is 0 Å². The monoisotopic (exact) mass is 212 g/mol. The van der Waals surface area contributed by atoms with Crippen molar-refractivity contribution in [3.8, 4) is 0 Å². The Morgan fingerprint density at radius 2 is 2.00 bits per heavy atom. The van der Waals surface area contributed by atoms with Crippen LogP contribution in [0.15, 0.2) is 24.3 Å². The number of halogens is 1. The fourth-order valence-electron chi connectivity index (χ4n) is 1.48. The molecule has 0 unspecified atom stereocenters. The minimum absolute atomic E-state index is 0.134. The van der Waals surface area contributed by atoms with Gasteiger partial charge in [-0.1, -0.05) is 12.1 Å². The van der Waals surface area contributed by atoms with Crippen LogP contribution in [-0.4, -0.2) is 10.6 Å². The van der Waals surface area contributed by atoms with Gasteiger partial charge in [0.15, 0.2) is 0 Å². The predicted molar refractivity (Wildman–Crippen MR) is 55.5 cm³/mol. The van der Waals surface area contributed by atoms with Gasteiger partial charge in [-0.05, 0) is 36.5 Å². The van der Waals surface area contributed by atoms with Crippen LogP contribution in [0.5, 0.6) is 0 Å². The third-order valence-electron chi connectivity index (χ3n) is 2.49. The summed E-state index contributed by atoms with van der Waals surface area (Å²) in [4.78, 5) is 0. The van der Waals surface area contributed by atoms with Crippen molar-refractivity contribution in [2.75, 3.05) is 5.23 Å². The molecule has 1 aliphatic carbocycles. The maximum absolute atomic E-state index is 10.5. The third kappa shape index (κ3) is 2.18. The van der Waals surface area contributed by atoms with E-state index in [1.165, 1.54) is 0 Å². The fourth-order valence-corrected chi connectivity index (χ4v) is 1.80. The van der Waals surface area contributed by atoms with Crippen molar-refractivity contribution in [2.24, 2.45) is 5.92 Å². The lowest BCUT2D eigenvalue weighted by molar-refractivity contribution is 0.296. The average Bonchev–Trinajstić information content (AvgIpc) is 2.82. The summed E-state index contributed by atoms with van der Waals surface area (Å²) in [6, 6.07) is 6.90. The number of hydrogen-bond acceptors (Lipinski definition) is 3. The van der Waals surface area contributed by atoms with Crippen molar-refractivity contribution >= 4 is 17.3 Å². The maximum Gasteiger partial charge on any atom is 0.0508 e. The molecule has 1 aliphatic rings. The van der Waals surface area contributed by atoms with Gasteiger partial charge in [0.1, 0.15) is 0 Å². The van der Waals surface area contributed by atoms with Crippen LogP contribution in [0.4, 0.5) is 5.69 Å². The van der Waals surface area contributed by atoms with Gasteiger partial charge in [-0.15, -0.1) is 11.6 Å². The summed E-state index contributed by atoms with van der Waals surface area (Å²) in [5.41, 5.74) is 1.41. The van der Waals surface area contributed by atoms with E-state index < -0.39 is 0 Å². The molecule has 0 amide bonds. The maximum atomic E-state index is 10.5. The number of rotatable bonds is 3. The average molecular weight is 213 g/mol. The lowest BCUT2D eigenvalue weighted by Crippen LogP contribution is -2.06. The Balaban J connectivity index is 1.99. The standard InChI is InChI=1S/C10H11ClNO2/c11-10-6-8(10)5-7-1-3-9(4-2-7)12(13)14/h1-4,8,10,13H,5-6H2/q-1/t8-,10+/m1/s1. The minimum Gasteiger partial charge on any atom is -0.733 e. The quantitative estimate of drug-likeness (QED) is 0.619. The molecule has 0 bridgehead atoms. The molecule has 0 saturated heterocycles. The molecule has 1 N–H and O–H groups in total. The molecule has 76 valence electrons. The van der Waals surface area contributed by atoms with Crippen LogP contribution in [0, 0.1) is 11.1 Å². The van der Waals surface area contributed by atoms with Crippen LogP contribution in [0.2, 0.25) is 0 Å². The van der Waals surface area contributed by atoms with E-state index >= 15 is 0 Å². The van der Waals surface area contributed by atoms with Crippen molar-refractivity contribution in [1.82, 2.24) is 0 Å². The minimum atomic E-state index is -0.134. The molecule has 4 heteroatoms. The summed E-state index contributed by atoms with van der Waals surface area (Å²) in [5, 5.41) is 19.3. The first kappa shape index (κ1) is 9.77. The van der Waals surface area contributed by atoms with E-state index in [9.17, 15) is 5.21 Å². The molecule has 1 aromatic rings. The number of benzene rings is 1. The molecule has 2 rings (SSSR count). The second kappa shape index (κ2) is 3.77. The third-order valence-corrected chi connectivity index (χ3v) is 3.03. The van der Waals surface area contributed by atoms with E-state index in [4.69, 9.17) is 16.8 Å². The topological polar surface area (TPSA) is 46.5 Å². The first-order chi connectivity index (χ1) is 6.66. The summed E-state index contributed by atoms with van der Waals surface area (Å²) in [5.74, 6) is 0.583. The van der Waals surface area contributed by atoms with Crippen molar-refractivity contribution in [2.45, 2.75) is 18.2 Å². The number of nitrogens with zero attached hydrogens (tertiary/aromatic N) is 1. The molecule has 14 heavy (non-hydrogen) atoms. The van der Waals surface area contributed by atoms with Crippen molar-refractivity contribution < 1.29 is 5.21 Å². The van der Waals surface area contributed by atoms with Gasteiger partial charge in [-0.2, -0.15) is 0 Å². The van der Waals surface area contributed by atoms with Gasteiger partial charge in [-0.3, -0.25) is 5.21 Å². The molecule has 3 nitrogen and oxygen atoms in total. The first-order valence-electron chi connectivity index (χ1n) is 4.56. The SMILES string of the molecule is [O-]N(O)c1ccc(C[C@@H]2C[C@@H]2Cl)cc1. The van der Waals surface area contributed by atoms with E-state index in [0.29, 0.717) is 11.3 Å². The van der Waals surface area contributed by atoms with Gasteiger partial charge >= 0.3 is 0 Å². The lowest BCUT2D eigenvalue weighted by atomic mass is 10.1. The highest BCUT2D eigenvalue weighted by Gasteiger charge is 2.34. The molecule has 0 aromatic heterocycles. The zero-order valence-corrected chi connectivity index (χ0v) is 8.31. The molecule has 1 aromatic carbocycles. The van der Waals surface area contributed by atoms with Gasteiger partial charge < -0.3 is 10.4 Å². The smallest absolute Gasteiger partial charge is 0.0508 e. The Morgan fingerprint density at radius 1 is 1.43 bits per heavy atom. The van der Waals surface area contributed by atoms with Crippen LogP contribution >= 0.6 is 11.6 Å². The largest absolute Gasteiger partial charge is 0.733 e. The zero-order valence-electron chi connectivity index (χ0n) is 7.56. The Bertz CT molecular complexity index is 312. The van der Waals surface area contributed by atoms with Crippen LogP contribution in [0.25, 0.3) is 0 Å². The zero-order chi connectivity index (χ0) is 10.1. The van der Waals surface area contributed by atoms with Gasteiger partial charge in [0.05, 0.1) is 5.69 Å². The van der Waals surface area contributed by atoms with Crippen LogP contribution in [0.3, 0.4) is 0 Å². The molecule has 0 radical (unpaired) electrons. The first-order valence-corrected chi connectivity index (χ1v) is 4.99. The highest BCUT2D eigenvalue weighted by molar-refractivity contribution is 6.22. The van der Waals surface area contributed by atoms with E-state index in [2.05, 4.69) is 0 Å². The number of anilines is 1. The van der Waals surface area contributed by atoms with Gasteiger partial charge in [-0.25, -0.2) is 0 Å². The fraction of sp³-hybridized carbons (Fsp3) is 0.400. The highest BCUT2D eigenvalue weighted by atomic mass is 35.5. The second-order valence-corrected chi connectivity index (χ2v) is 4.22. The molecular weight excluding hydrogens is 202 g/mol. The van der Waals surface area contributed by atoms with E-state index in [-0.39, 0.29) is 10.9 Å². The summed E-state index contributed by atoms with van der Waals surface area (Å²) >= 11 is 5.89. The molecule has 0 aliphatic heterocycles. The van der Waals surface area contributed by atoms with Crippen LogP contribution < -0.4 is 5.23 Å². The second-order valence-electron chi connectivity index (χ2n) is 3.66.